The molecule has 0 saturated carbocycles. The number of benzene rings is 3. The van der Waals surface area contributed by atoms with Gasteiger partial charge in [-0.2, -0.15) is 5.10 Å². The van der Waals surface area contributed by atoms with Crippen LogP contribution in [0.2, 0.25) is 5.02 Å². The SMILES string of the molecule is CN(Cc1cn(Cc2ccccc2Cl)nc1-c1ccccc1)C(=O)c1cn(Cc2ccccc2)nn1. The first-order chi connectivity index (χ1) is 17.6. The normalized spacial score (nSPS) is 10.9. The zero-order valence-corrected chi connectivity index (χ0v) is 20.6. The first kappa shape index (κ1) is 23.5. The summed E-state index contributed by atoms with van der Waals surface area (Å²) in [4.78, 5) is 14.8. The Bertz CT molecular complexity index is 1460. The molecular formula is C28H25ClN6O. The quantitative estimate of drug-likeness (QED) is 0.297. The second kappa shape index (κ2) is 10.6. The van der Waals surface area contributed by atoms with E-state index in [9.17, 15) is 4.79 Å². The molecule has 3 aromatic carbocycles. The lowest BCUT2D eigenvalue weighted by Gasteiger charge is -2.15. The van der Waals surface area contributed by atoms with Crippen LogP contribution < -0.4 is 0 Å². The molecule has 0 aliphatic rings. The Hall–Kier alpha value is -4.23. The summed E-state index contributed by atoms with van der Waals surface area (Å²) in [6.07, 6.45) is 3.66. The van der Waals surface area contributed by atoms with Gasteiger partial charge in [0.2, 0.25) is 0 Å². The van der Waals surface area contributed by atoms with E-state index >= 15 is 0 Å². The number of amides is 1. The predicted octanol–water partition coefficient (Wildman–Crippen LogP) is 5.16. The first-order valence-corrected chi connectivity index (χ1v) is 12.0. The fourth-order valence-corrected chi connectivity index (χ4v) is 4.26. The van der Waals surface area contributed by atoms with E-state index in [1.165, 1.54) is 0 Å². The molecule has 0 bridgehead atoms. The van der Waals surface area contributed by atoms with Gasteiger partial charge >= 0.3 is 0 Å². The Morgan fingerprint density at radius 1 is 0.833 bits per heavy atom. The standard InChI is InChI=1S/C28H25ClN6O/c1-33(28(36)26-20-35(32-30-26)16-21-10-4-2-5-11-21)17-24-19-34(18-23-14-8-9-15-25(23)29)31-27(24)22-12-6-3-7-13-22/h2-15,19-20H,16-18H2,1H3. The lowest BCUT2D eigenvalue weighted by atomic mass is 10.1. The van der Waals surface area contributed by atoms with Crippen molar-refractivity contribution in [3.63, 3.8) is 0 Å². The Kier molecular flexibility index (Phi) is 6.91. The number of carbonyl (C=O) groups excluding carboxylic acids is 1. The van der Waals surface area contributed by atoms with Crippen molar-refractivity contribution in [1.82, 2.24) is 29.7 Å². The van der Waals surface area contributed by atoms with E-state index in [1.807, 2.05) is 95.8 Å². The first-order valence-electron chi connectivity index (χ1n) is 11.6. The van der Waals surface area contributed by atoms with E-state index < -0.39 is 0 Å². The van der Waals surface area contributed by atoms with Gasteiger partial charge in [0.25, 0.3) is 5.91 Å². The number of hydrogen-bond acceptors (Lipinski definition) is 4. The third kappa shape index (κ3) is 5.37. The Morgan fingerprint density at radius 2 is 1.53 bits per heavy atom. The van der Waals surface area contributed by atoms with Crippen LogP contribution >= 0.6 is 11.6 Å². The van der Waals surface area contributed by atoms with Crippen LogP contribution in [-0.2, 0) is 19.6 Å². The molecule has 2 aromatic heterocycles. The van der Waals surface area contributed by atoms with Crippen LogP contribution in [0, 0.1) is 0 Å². The monoisotopic (exact) mass is 496 g/mol. The van der Waals surface area contributed by atoms with Crippen molar-refractivity contribution in [1.29, 1.82) is 0 Å². The highest BCUT2D eigenvalue weighted by atomic mass is 35.5. The number of halogens is 1. The van der Waals surface area contributed by atoms with Crippen LogP contribution in [0.25, 0.3) is 11.3 Å². The summed E-state index contributed by atoms with van der Waals surface area (Å²) in [5, 5.41) is 13.8. The zero-order valence-electron chi connectivity index (χ0n) is 19.8. The average Bonchev–Trinajstić information content (AvgIpc) is 3.53. The number of aromatic nitrogens is 5. The number of hydrogen-bond donors (Lipinski definition) is 0. The fourth-order valence-electron chi connectivity index (χ4n) is 4.07. The summed E-state index contributed by atoms with van der Waals surface area (Å²) in [6.45, 7) is 1.46. The summed E-state index contributed by atoms with van der Waals surface area (Å²) in [6, 6.07) is 27.6. The van der Waals surface area contributed by atoms with Crippen LogP contribution in [0.4, 0.5) is 0 Å². The van der Waals surface area contributed by atoms with E-state index in [2.05, 4.69) is 10.3 Å². The molecule has 180 valence electrons. The van der Waals surface area contributed by atoms with Crippen LogP contribution in [-0.4, -0.2) is 42.6 Å². The van der Waals surface area contributed by atoms with Crippen LogP contribution in [0.5, 0.6) is 0 Å². The van der Waals surface area contributed by atoms with Gasteiger partial charge < -0.3 is 4.90 Å². The molecule has 2 heterocycles. The molecule has 0 saturated heterocycles. The molecule has 0 aliphatic carbocycles. The molecule has 36 heavy (non-hydrogen) atoms. The number of rotatable bonds is 8. The average molecular weight is 497 g/mol. The Morgan fingerprint density at radius 3 is 2.28 bits per heavy atom. The maximum atomic E-state index is 13.2. The maximum Gasteiger partial charge on any atom is 0.276 e. The summed E-state index contributed by atoms with van der Waals surface area (Å²) in [5.74, 6) is -0.202. The third-order valence-electron chi connectivity index (χ3n) is 5.87. The molecule has 0 unspecified atom stereocenters. The fraction of sp³-hybridized carbons (Fsp3) is 0.143. The van der Waals surface area contributed by atoms with Crippen molar-refractivity contribution < 1.29 is 4.79 Å². The van der Waals surface area contributed by atoms with Gasteiger partial charge in [-0.1, -0.05) is 95.7 Å². The van der Waals surface area contributed by atoms with E-state index in [0.717, 1.165) is 27.9 Å². The minimum Gasteiger partial charge on any atom is -0.336 e. The highest BCUT2D eigenvalue weighted by Gasteiger charge is 2.20. The minimum atomic E-state index is -0.202. The van der Waals surface area contributed by atoms with Gasteiger partial charge in [0, 0.05) is 35.9 Å². The van der Waals surface area contributed by atoms with Gasteiger partial charge in [0.1, 0.15) is 0 Å². The second-order valence-electron chi connectivity index (χ2n) is 8.61. The topological polar surface area (TPSA) is 68.8 Å². The second-order valence-corrected chi connectivity index (χ2v) is 9.01. The molecule has 0 spiro atoms. The van der Waals surface area contributed by atoms with E-state index in [1.54, 1.807) is 22.8 Å². The molecule has 0 N–H and O–H groups in total. The maximum absolute atomic E-state index is 13.2. The van der Waals surface area contributed by atoms with Crippen LogP contribution in [0.1, 0.15) is 27.2 Å². The highest BCUT2D eigenvalue weighted by molar-refractivity contribution is 6.31. The molecule has 5 aromatic rings. The molecule has 0 fully saturated rings. The van der Waals surface area contributed by atoms with Gasteiger partial charge in [-0.15, -0.1) is 5.10 Å². The van der Waals surface area contributed by atoms with Crippen LogP contribution in [0.15, 0.2) is 97.3 Å². The molecule has 7 nitrogen and oxygen atoms in total. The molecule has 1 amide bonds. The molecule has 0 radical (unpaired) electrons. The van der Waals surface area contributed by atoms with Crippen molar-refractivity contribution in [2.75, 3.05) is 7.05 Å². The number of carbonyl (C=O) groups is 1. The summed E-state index contributed by atoms with van der Waals surface area (Å²) >= 11 is 6.38. The minimum absolute atomic E-state index is 0.202. The summed E-state index contributed by atoms with van der Waals surface area (Å²) < 4.78 is 3.54. The van der Waals surface area contributed by atoms with Crippen molar-refractivity contribution in [2.45, 2.75) is 19.6 Å². The van der Waals surface area contributed by atoms with Gasteiger partial charge in [-0.05, 0) is 17.2 Å². The summed E-state index contributed by atoms with van der Waals surface area (Å²) in [7, 11) is 1.76. The van der Waals surface area contributed by atoms with Crippen molar-refractivity contribution in [3.8, 4) is 11.3 Å². The third-order valence-corrected chi connectivity index (χ3v) is 6.24. The Balaban J connectivity index is 1.36. The van der Waals surface area contributed by atoms with Gasteiger partial charge in [0.15, 0.2) is 5.69 Å². The predicted molar refractivity (Wildman–Crippen MR) is 140 cm³/mol. The number of nitrogens with zero attached hydrogens (tertiary/aromatic N) is 6. The smallest absolute Gasteiger partial charge is 0.276 e. The molecule has 5 rings (SSSR count). The van der Waals surface area contributed by atoms with E-state index in [-0.39, 0.29) is 5.91 Å². The molecule has 0 aliphatic heterocycles. The summed E-state index contributed by atoms with van der Waals surface area (Å²) in [5.41, 5.74) is 5.12. The van der Waals surface area contributed by atoms with Crippen molar-refractivity contribution >= 4 is 17.5 Å². The highest BCUT2D eigenvalue weighted by Crippen LogP contribution is 2.25. The molecule has 0 atom stereocenters. The van der Waals surface area contributed by atoms with E-state index in [4.69, 9.17) is 16.7 Å². The van der Waals surface area contributed by atoms with Gasteiger partial charge in [-0.25, -0.2) is 4.68 Å². The molecular weight excluding hydrogens is 472 g/mol. The Labute approximate surface area is 214 Å². The van der Waals surface area contributed by atoms with Crippen molar-refractivity contribution in [2.24, 2.45) is 0 Å². The zero-order chi connectivity index (χ0) is 24.9. The van der Waals surface area contributed by atoms with Crippen molar-refractivity contribution in [3.05, 3.63) is 125 Å². The van der Waals surface area contributed by atoms with E-state index in [0.29, 0.717) is 30.4 Å². The van der Waals surface area contributed by atoms with Gasteiger partial charge in [-0.3, -0.25) is 9.48 Å². The van der Waals surface area contributed by atoms with Gasteiger partial charge in [0.05, 0.1) is 25.0 Å². The molecule has 8 heteroatoms. The largest absolute Gasteiger partial charge is 0.336 e. The van der Waals surface area contributed by atoms with Crippen LogP contribution in [0.3, 0.4) is 0 Å². The lowest BCUT2D eigenvalue weighted by molar-refractivity contribution is 0.0779. The lowest BCUT2D eigenvalue weighted by Crippen LogP contribution is -2.26.